The molecule has 0 atom stereocenters. The average Bonchev–Trinajstić information content (AvgIpc) is 2.40. The van der Waals surface area contributed by atoms with E-state index in [1.54, 1.807) is 30.5 Å². The van der Waals surface area contributed by atoms with Crippen molar-refractivity contribution < 1.29 is 9.53 Å². The number of ether oxygens (including phenoxy) is 1. The van der Waals surface area contributed by atoms with Crippen LogP contribution in [0.3, 0.4) is 0 Å². The highest BCUT2D eigenvalue weighted by Gasteiger charge is 2.06. The molecule has 2 aromatic rings. The Morgan fingerprint density at radius 2 is 2.05 bits per heavy atom. The molecule has 1 heterocycles. The van der Waals surface area contributed by atoms with Crippen molar-refractivity contribution in [2.45, 2.75) is 6.92 Å². The molecule has 0 aliphatic carbocycles. The molecule has 6 heteroatoms. The quantitative estimate of drug-likeness (QED) is 0.936. The zero-order valence-electron chi connectivity index (χ0n) is 10.7. The Bertz CT molecular complexity index is 632. The molecule has 4 nitrogen and oxygen atoms in total. The first kappa shape index (κ1) is 14.6. The predicted molar refractivity (Wildman–Crippen MR) is 79.6 cm³/mol. The van der Waals surface area contributed by atoms with Crippen molar-refractivity contribution in [1.29, 1.82) is 0 Å². The fraction of sp³-hybridized carbons (Fsp3) is 0.143. The Morgan fingerprint density at radius 3 is 2.75 bits per heavy atom. The van der Waals surface area contributed by atoms with Crippen molar-refractivity contribution in [3.63, 3.8) is 0 Å². The van der Waals surface area contributed by atoms with Crippen LogP contribution in [-0.2, 0) is 4.79 Å². The highest BCUT2D eigenvalue weighted by atomic mass is 35.5. The molecular formula is C14H12Cl2N2O2. The van der Waals surface area contributed by atoms with Crippen LogP contribution in [0.15, 0.2) is 36.5 Å². The van der Waals surface area contributed by atoms with Crippen molar-refractivity contribution in [2.24, 2.45) is 0 Å². The number of carbonyl (C=O) groups is 1. The number of aromatic nitrogens is 1. The largest absolute Gasteiger partial charge is 0.484 e. The first-order valence-corrected chi connectivity index (χ1v) is 6.60. The van der Waals surface area contributed by atoms with Crippen LogP contribution < -0.4 is 10.1 Å². The highest BCUT2D eigenvalue weighted by molar-refractivity contribution is 6.42. The third-order valence-corrected chi connectivity index (χ3v) is 3.18. The Balaban J connectivity index is 1.90. The number of rotatable bonds is 4. The number of amides is 1. The zero-order chi connectivity index (χ0) is 14.5. The summed E-state index contributed by atoms with van der Waals surface area (Å²) in [6, 6.07) is 8.44. The molecular weight excluding hydrogens is 299 g/mol. The lowest BCUT2D eigenvalue weighted by Crippen LogP contribution is -2.20. The van der Waals surface area contributed by atoms with Gasteiger partial charge in [0.15, 0.2) is 6.61 Å². The minimum atomic E-state index is -0.297. The SMILES string of the molecule is Cc1ccnc(NC(=O)COc2ccc(Cl)c(Cl)c2)c1. The topological polar surface area (TPSA) is 51.2 Å². The lowest BCUT2D eigenvalue weighted by molar-refractivity contribution is -0.118. The molecule has 20 heavy (non-hydrogen) atoms. The van der Waals surface area contributed by atoms with Crippen molar-refractivity contribution in [2.75, 3.05) is 11.9 Å². The number of halogens is 2. The molecule has 0 saturated heterocycles. The van der Waals surface area contributed by atoms with E-state index in [1.807, 2.05) is 13.0 Å². The summed E-state index contributed by atoms with van der Waals surface area (Å²) in [6.07, 6.45) is 1.63. The Labute approximate surface area is 126 Å². The van der Waals surface area contributed by atoms with Crippen molar-refractivity contribution in [1.82, 2.24) is 4.98 Å². The Hall–Kier alpha value is -1.78. The van der Waals surface area contributed by atoms with E-state index in [2.05, 4.69) is 10.3 Å². The van der Waals surface area contributed by atoms with E-state index >= 15 is 0 Å². The number of carbonyl (C=O) groups excluding carboxylic acids is 1. The molecule has 0 unspecified atom stereocenters. The van der Waals surface area contributed by atoms with Crippen molar-refractivity contribution >= 4 is 34.9 Å². The van der Waals surface area contributed by atoms with Crippen LogP contribution >= 0.6 is 23.2 Å². The van der Waals surface area contributed by atoms with Gasteiger partial charge < -0.3 is 10.1 Å². The van der Waals surface area contributed by atoms with Crippen LogP contribution in [0.5, 0.6) is 5.75 Å². The fourth-order valence-corrected chi connectivity index (χ4v) is 1.79. The van der Waals surface area contributed by atoms with Crippen LogP contribution in [-0.4, -0.2) is 17.5 Å². The molecule has 1 aromatic carbocycles. The van der Waals surface area contributed by atoms with Crippen LogP contribution in [0, 0.1) is 6.92 Å². The second-order valence-corrected chi connectivity index (χ2v) is 4.95. The molecule has 1 aromatic heterocycles. The Morgan fingerprint density at radius 1 is 1.25 bits per heavy atom. The molecule has 0 bridgehead atoms. The second kappa shape index (κ2) is 6.59. The number of aryl methyl sites for hydroxylation is 1. The van der Waals surface area contributed by atoms with Crippen molar-refractivity contribution in [3.8, 4) is 5.75 Å². The van der Waals surface area contributed by atoms with Gasteiger partial charge in [-0.2, -0.15) is 0 Å². The van der Waals surface area contributed by atoms with Crippen LogP contribution in [0.2, 0.25) is 10.0 Å². The van der Waals surface area contributed by atoms with Crippen molar-refractivity contribution in [3.05, 3.63) is 52.1 Å². The number of pyridine rings is 1. The molecule has 2 rings (SSSR count). The van der Waals surface area contributed by atoms with E-state index in [-0.39, 0.29) is 12.5 Å². The van der Waals surface area contributed by atoms with Gasteiger partial charge in [-0.25, -0.2) is 4.98 Å². The molecule has 0 spiro atoms. The third kappa shape index (κ3) is 4.11. The van der Waals surface area contributed by atoms with Gasteiger partial charge in [-0.1, -0.05) is 23.2 Å². The molecule has 0 aliphatic heterocycles. The fourth-order valence-electron chi connectivity index (χ4n) is 1.50. The number of anilines is 1. The van der Waals surface area contributed by atoms with E-state index in [1.165, 1.54) is 0 Å². The van der Waals surface area contributed by atoms with Gasteiger partial charge in [-0.3, -0.25) is 4.79 Å². The summed E-state index contributed by atoms with van der Waals surface area (Å²) in [6.45, 7) is 1.79. The first-order chi connectivity index (χ1) is 9.54. The maximum absolute atomic E-state index is 11.7. The van der Waals surface area contributed by atoms with Gasteiger partial charge in [0.2, 0.25) is 0 Å². The zero-order valence-corrected chi connectivity index (χ0v) is 12.2. The molecule has 0 aliphatic rings. The van der Waals surface area contributed by atoms with Crippen LogP contribution in [0.1, 0.15) is 5.56 Å². The summed E-state index contributed by atoms with van der Waals surface area (Å²) in [5.74, 6) is 0.675. The summed E-state index contributed by atoms with van der Waals surface area (Å²) in [7, 11) is 0. The van der Waals surface area contributed by atoms with Gasteiger partial charge in [0.05, 0.1) is 10.0 Å². The van der Waals surface area contributed by atoms with Gasteiger partial charge in [0.25, 0.3) is 5.91 Å². The summed E-state index contributed by atoms with van der Waals surface area (Å²) in [5.41, 5.74) is 1.01. The highest BCUT2D eigenvalue weighted by Crippen LogP contribution is 2.26. The van der Waals surface area contributed by atoms with E-state index in [0.29, 0.717) is 21.6 Å². The molecule has 1 amide bonds. The summed E-state index contributed by atoms with van der Waals surface area (Å²) >= 11 is 11.6. The first-order valence-electron chi connectivity index (χ1n) is 5.85. The normalized spacial score (nSPS) is 10.2. The van der Waals surface area contributed by atoms with Gasteiger partial charge in [-0.15, -0.1) is 0 Å². The predicted octanol–water partition coefficient (Wildman–Crippen LogP) is 3.71. The van der Waals surface area contributed by atoms with Gasteiger partial charge in [-0.05, 0) is 36.8 Å². The molecule has 0 saturated carbocycles. The van der Waals surface area contributed by atoms with Gasteiger partial charge in [0.1, 0.15) is 11.6 Å². The van der Waals surface area contributed by atoms with E-state index in [9.17, 15) is 4.79 Å². The molecule has 104 valence electrons. The average molecular weight is 311 g/mol. The summed E-state index contributed by atoms with van der Waals surface area (Å²) < 4.78 is 5.32. The maximum atomic E-state index is 11.7. The van der Waals surface area contributed by atoms with E-state index in [0.717, 1.165) is 5.56 Å². The number of hydrogen-bond donors (Lipinski definition) is 1. The number of hydrogen-bond acceptors (Lipinski definition) is 3. The van der Waals surface area contributed by atoms with Gasteiger partial charge >= 0.3 is 0 Å². The molecule has 0 fully saturated rings. The monoisotopic (exact) mass is 310 g/mol. The second-order valence-electron chi connectivity index (χ2n) is 4.13. The number of nitrogens with one attached hydrogen (secondary N) is 1. The van der Waals surface area contributed by atoms with Crippen LogP contribution in [0.4, 0.5) is 5.82 Å². The minimum absolute atomic E-state index is 0.131. The standard InChI is InChI=1S/C14H12Cl2N2O2/c1-9-4-5-17-13(6-9)18-14(19)8-20-10-2-3-11(15)12(16)7-10/h2-7H,8H2,1H3,(H,17,18,19). The number of benzene rings is 1. The summed E-state index contributed by atoms with van der Waals surface area (Å²) in [5, 5.41) is 3.46. The van der Waals surface area contributed by atoms with Gasteiger partial charge in [0, 0.05) is 12.3 Å². The van der Waals surface area contributed by atoms with E-state index in [4.69, 9.17) is 27.9 Å². The van der Waals surface area contributed by atoms with Crippen LogP contribution in [0.25, 0.3) is 0 Å². The minimum Gasteiger partial charge on any atom is -0.484 e. The third-order valence-electron chi connectivity index (χ3n) is 2.44. The molecule has 1 N–H and O–H groups in total. The lowest BCUT2D eigenvalue weighted by atomic mass is 10.3. The van der Waals surface area contributed by atoms with E-state index < -0.39 is 0 Å². The smallest absolute Gasteiger partial charge is 0.263 e. The Kier molecular flexibility index (Phi) is 4.82. The molecule has 0 radical (unpaired) electrons. The maximum Gasteiger partial charge on any atom is 0.263 e. The lowest BCUT2D eigenvalue weighted by Gasteiger charge is -2.08. The number of nitrogens with zero attached hydrogens (tertiary/aromatic N) is 1. The summed E-state index contributed by atoms with van der Waals surface area (Å²) in [4.78, 5) is 15.7.